The molecule has 1 N–H and O–H groups in total. The number of anilines is 1. The van der Waals surface area contributed by atoms with Crippen molar-refractivity contribution in [2.45, 2.75) is 6.54 Å². The first kappa shape index (κ1) is 20.3. The fraction of sp³-hybridized carbons (Fsp3) is 0.158. The number of likely N-dealkylation sites (N-methyl/N-ethyl adjacent to an activating group) is 1. The van der Waals surface area contributed by atoms with Crippen LogP contribution < -0.4 is 5.32 Å². The largest absolute Gasteiger partial charge is 0.322 e. The van der Waals surface area contributed by atoms with Gasteiger partial charge >= 0.3 is 0 Å². The van der Waals surface area contributed by atoms with E-state index in [1.165, 1.54) is 0 Å². The lowest BCUT2D eigenvalue weighted by Crippen LogP contribution is -2.30. The second kappa shape index (κ2) is 9.17. The highest BCUT2D eigenvalue weighted by Crippen LogP contribution is 2.30. The Labute approximate surface area is 180 Å². The van der Waals surface area contributed by atoms with Gasteiger partial charge in [0.15, 0.2) is 0 Å². The van der Waals surface area contributed by atoms with Gasteiger partial charge in [-0.1, -0.05) is 57.3 Å². The highest BCUT2D eigenvalue weighted by atomic mass is 79.9. The smallest absolute Gasteiger partial charge is 0.238 e. The number of hydrogen-bond acceptors (Lipinski definition) is 4. The van der Waals surface area contributed by atoms with Crippen LogP contribution >= 0.6 is 50.5 Å². The lowest BCUT2D eigenvalue weighted by molar-refractivity contribution is -0.117. The summed E-state index contributed by atoms with van der Waals surface area (Å²) >= 11 is 17.2. The molecule has 0 radical (unpaired) electrons. The highest BCUT2D eigenvalue weighted by molar-refractivity contribution is 9.10. The number of carbonyl (C=O) groups is 1. The van der Waals surface area contributed by atoms with E-state index in [9.17, 15) is 4.79 Å². The third-order valence-electron chi connectivity index (χ3n) is 3.70. The van der Waals surface area contributed by atoms with E-state index in [1.807, 2.05) is 41.6 Å². The molecule has 3 rings (SSSR count). The van der Waals surface area contributed by atoms with E-state index in [2.05, 4.69) is 26.2 Å². The zero-order valence-corrected chi connectivity index (χ0v) is 18.3. The molecule has 0 aliphatic heterocycles. The quantitative estimate of drug-likeness (QED) is 0.470. The Morgan fingerprint density at radius 2 is 1.93 bits per heavy atom. The monoisotopic (exact) mass is 483 g/mol. The number of aromatic nitrogens is 1. The van der Waals surface area contributed by atoms with E-state index in [0.717, 1.165) is 20.7 Å². The number of thiazole rings is 1. The Hall–Kier alpha value is -1.44. The van der Waals surface area contributed by atoms with Crippen molar-refractivity contribution >= 4 is 62.1 Å². The summed E-state index contributed by atoms with van der Waals surface area (Å²) < 4.78 is 1.02. The Kier molecular flexibility index (Phi) is 6.89. The van der Waals surface area contributed by atoms with Gasteiger partial charge in [0.2, 0.25) is 5.91 Å². The average Bonchev–Trinajstić information content (AvgIpc) is 3.06. The molecule has 0 bridgehead atoms. The Morgan fingerprint density at radius 3 is 2.63 bits per heavy atom. The third-order valence-corrected chi connectivity index (χ3v) is 5.76. The molecule has 0 saturated carbocycles. The molecule has 140 valence electrons. The van der Waals surface area contributed by atoms with Crippen molar-refractivity contribution in [3.05, 3.63) is 68.1 Å². The minimum atomic E-state index is -0.185. The average molecular weight is 485 g/mol. The van der Waals surface area contributed by atoms with E-state index < -0.39 is 0 Å². The second-order valence-corrected chi connectivity index (χ2v) is 8.56. The van der Waals surface area contributed by atoms with Gasteiger partial charge in [0, 0.05) is 22.0 Å². The molecule has 0 atom stereocenters. The maximum absolute atomic E-state index is 12.3. The van der Waals surface area contributed by atoms with Gasteiger partial charge in [0.05, 0.1) is 28.0 Å². The summed E-state index contributed by atoms with van der Waals surface area (Å²) in [6, 6.07) is 13.1. The third kappa shape index (κ3) is 5.53. The van der Waals surface area contributed by atoms with Gasteiger partial charge in [0.25, 0.3) is 0 Å². The van der Waals surface area contributed by atoms with Crippen LogP contribution in [-0.2, 0) is 11.3 Å². The van der Waals surface area contributed by atoms with Crippen LogP contribution in [0.4, 0.5) is 5.69 Å². The summed E-state index contributed by atoms with van der Waals surface area (Å²) in [6.45, 7) is 0.763. The number of carbonyl (C=O) groups excluding carboxylic acids is 1. The molecule has 0 fully saturated rings. The molecule has 1 heterocycles. The fourth-order valence-corrected chi connectivity index (χ4v) is 4.21. The number of benzene rings is 2. The maximum Gasteiger partial charge on any atom is 0.238 e. The number of para-hydroxylation sites is 1. The number of amides is 1. The number of nitrogens with zero attached hydrogens (tertiary/aromatic N) is 2. The molecule has 3 aromatic rings. The molecule has 0 aliphatic carbocycles. The first-order valence-electron chi connectivity index (χ1n) is 8.05. The van der Waals surface area contributed by atoms with Gasteiger partial charge < -0.3 is 5.32 Å². The van der Waals surface area contributed by atoms with Gasteiger partial charge in [-0.25, -0.2) is 4.98 Å². The SMILES string of the molecule is CN(CC(=O)Nc1c(Cl)cccc1Cl)Cc1csc(-c2cccc(Br)c2)n1. The summed E-state index contributed by atoms with van der Waals surface area (Å²) in [5.74, 6) is -0.185. The van der Waals surface area contributed by atoms with Gasteiger partial charge in [-0.2, -0.15) is 0 Å². The van der Waals surface area contributed by atoms with Crippen LogP contribution in [0.1, 0.15) is 5.69 Å². The molecule has 0 aliphatic rings. The summed E-state index contributed by atoms with van der Waals surface area (Å²) in [6.07, 6.45) is 0. The first-order valence-corrected chi connectivity index (χ1v) is 10.5. The van der Waals surface area contributed by atoms with Gasteiger partial charge in [-0.15, -0.1) is 11.3 Å². The first-order chi connectivity index (χ1) is 12.9. The molecule has 0 unspecified atom stereocenters. The van der Waals surface area contributed by atoms with Crippen molar-refractivity contribution in [1.82, 2.24) is 9.88 Å². The Bertz CT molecular complexity index is 943. The molecular formula is C19H16BrCl2N3OS. The Morgan fingerprint density at radius 1 is 1.22 bits per heavy atom. The minimum absolute atomic E-state index is 0.185. The number of hydrogen-bond donors (Lipinski definition) is 1. The van der Waals surface area contributed by atoms with Crippen LogP contribution in [0.2, 0.25) is 10.0 Å². The zero-order valence-electron chi connectivity index (χ0n) is 14.4. The standard InChI is InChI=1S/C19H16BrCl2N3OS/c1-25(10-17(26)24-18-15(21)6-3-7-16(18)22)9-14-11-27-19(23-14)12-4-2-5-13(20)8-12/h2-8,11H,9-10H2,1H3,(H,24,26). The molecule has 0 spiro atoms. The van der Waals surface area contributed by atoms with Crippen molar-refractivity contribution in [3.63, 3.8) is 0 Å². The lowest BCUT2D eigenvalue weighted by atomic mass is 10.2. The minimum Gasteiger partial charge on any atom is -0.322 e. The van der Waals surface area contributed by atoms with Crippen molar-refractivity contribution < 1.29 is 4.79 Å². The molecule has 27 heavy (non-hydrogen) atoms. The molecular weight excluding hydrogens is 469 g/mol. The zero-order chi connectivity index (χ0) is 19.4. The van der Waals surface area contributed by atoms with Crippen LogP contribution in [0.25, 0.3) is 10.6 Å². The maximum atomic E-state index is 12.3. The Balaban J connectivity index is 1.59. The van der Waals surface area contributed by atoms with E-state index in [0.29, 0.717) is 22.3 Å². The second-order valence-electron chi connectivity index (χ2n) is 5.97. The van der Waals surface area contributed by atoms with Gasteiger partial charge in [-0.05, 0) is 31.3 Å². The number of rotatable bonds is 6. The highest BCUT2D eigenvalue weighted by Gasteiger charge is 2.13. The van der Waals surface area contributed by atoms with Gasteiger partial charge in [0.1, 0.15) is 5.01 Å². The van der Waals surface area contributed by atoms with Crippen LogP contribution in [-0.4, -0.2) is 29.4 Å². The predicted molar refractivity (Wildman–Crippen MR) is 117 cm³/mol. The van der Waals surface area contributed by atoms with Crippen LogP contribution in [0.5, 0.6) is 0 Å². The van der Waals surface area contributed by atoms with Crippen molar-refractivity contribution in [1.29, 1.82) is 0 Å². The molecule has 4 nitrogen and oxygen atoms in total. The van der Waals surface area contributed by atoms with Crippen LogP contribution in [0, 0.1) is 0 Å². The molecule has 1 amide bonds. The normalized spacial score (nSPS) is 11.0. The topological polar surface area (TPSA) is 45.2 Å². The molecule has 1 aromatic heterocycles. The van der Waals surface area contributed by atoms with Crippen LogP contribution in [0.3, 0.4) is 0 Å². The van der Waals surface area contributed by atoms with Crippen LogP contribution in [0.15, 0.2) is 52.3 Å². The van der Waals surface area contributed by atoms with E-state index >= 15 is 0 Å². The summed E-state index contributed by atoms with van der Waals surface area (Å²) in [4.78, 5) is 18.8. The van der Waals surface area contributed by atoms with Crippen molar-refractivity contribution in [3.8, 4) is 10.6 Å². The molecule has 8 heteroatoms. The molecule has 2 aromatic carbocycles. The fourth-order valence-electron chi connectivity index (χ4n) is 2.51. The number of halogens is 3. The van der Waals surface area contributed by atoms with Crippen molar-refractivity contribution in [2.75, 3.05) is 18.9 Å². The van der Waals surface area contributed by atoms with Crippen molar-refractivity contribution in [2.24, 2.45) is 0 Å². The summed E-state index contributed by atoms with van der Waals surface area (Å²) in [5, 5.41) is 6.55. The van der Waals surface area contributed by atoms with E-state index in [-0.39, 0.29) is 12.5 Å². The number of nitrogens with one attached hydrogen (secondary N) is 1. The molecule has 0 saturated heterocycles. The van der Waals surface area contributed by atoms with E-state index in [4.69, 9.17) is 23.2 Å². The summed E-state index contributed by atoms with van der Waals surface area (Å²) in [7, 11) is 1.87. The lowest BCUT2D eigenvalue weighted by Gasteiger charge is -2.16. The van der Waals surface area contributed by atoms with Gasteiger partial charge in [-0.3, -0.25) is 9.69 Å². The summed E-state index contributed by atoms with van der Waals surface area (Å²) in [5.41, 5.74) is 2.42. The van der Waals surface area contributed by atoms with E-state index in [1.54, 1.807) is 29.5 Å². The predicted octanol–water partition coefficient (Wildman–Crippen LogP) is 5.95.